The van der Waals surface area contributed by atoms with Crippen molar-refractivity contribution in [1.82, 2.24) is 9.97 Å². The maximum Gasteiger partial charge on any atom is 0.255 e. The largest absolute Gasteiger partial charge is 0.493 e. The Hall–Kier alpha value is -1.50. The predicted molar refractivity (Wildman–Crippen MR) is 73.1 cm³/mol. The summed E-state index contributed by atoms with van der Waals surface area (Å²) in [6, 6.07) is 1.03. The number of aromatic amines is 1. The first-order chi connectivity index (χ1) is 9.19. The van der Waals surface area contributed by atoms with Gasteiger partial charge in [-0.1, -0.05) is 36.2 Å². The molecule has 0 aliphatic heterocycles. The molecule has 1 aliphatic rings. The fraction of sp³-hybridized carbons (Fsp3) is 0.583. The SMILES string of the molecule is O=c1cc(O)nc(SC2CCCCCC/C2=N/O)[nH]1. The molecular formula is C12H17N3O3S. The van der Waals surface area contributed by atoms with E-state index in [4.69, 9.17) is 5.21 Å². The van der Waals surface area contributed by atoms with Crippen LogP contribution in [0.5, 0.6) is 5.88 Å². The summed E-state index contributed by atoms with van der Waals surface area (Å²) in [5.74, 6) is -0.292. The van der Waals surface area contributed by atoms with Gasteiger partial charge in [0.15, 0.2) is 5.16 Å². The van der Waals surface area contributed by atoms with E-state index in [-0.39, 0.29) is 16.7 Å². The molecule has 0 bridgehead atoms. The Bertz CT molecular complexity index is 515. The van der Waals surface area contributed by atoms with E-state index in [1.54, 1.807) is 0 Å². The Morgan fingerprint density at radius 1 is 1.37 bits per heavy atom. The number of hydrogen-bond acceptors (Lipinski definition) is 6. The fourth-order valence-corrected chi connectivity index (χ4v) is 3.33. The van der Waals surface area contributed by atoms with Crippen LogP contribution in [0.4, 0.5) is 0 Å². The zero-order chi connectivity index (χ0) is 13.7. The fourth-order valence-electron chi connectivity index (χ4n) is 2.17. The van der Waals surface area contributed by atoms with Crippen molar-refractivity contribution in [3.63, 3.8) is 0 Å². The van der Waals surface area contributed by atoms with E-state index >= 15 is 0 Å². The lowest BCUT2D eigenvalue weighted by molar-refractivity contribution is 0.315. The standard InChI is InChI=1S/C12H17N3O3S/c16-10-7-11(17)14-12(13-10)19-9-6-4-2-1-3-5-8(9)15-18/h7,9,18H,1-6H2,(H2,13,14,16,17)/b15-8-. The average Bonchev–Trinajstić information content (AvgIpc) is 2.32. The first kappa shape index (κ1) is 13.9. The normalized spacial score (nSPS) is 22.9. The summed E-state index contributed by atoms with van der Waals surface area (Å²) < 4.78 is 0. The van der Waals surface area contributed by atoms with Crippen molar-refractivity contribution >= 4 is 17.5 Å². The Morgan fingerprint density at radius 3 is 2.89 bits per heavy atom. The second kappa shape index (κ2) is 6.60. The van der Waals surface area contributed by atoms with Crippen LogP contribution < -0.4 is 5.56 Å². The minimum Gasteiger partial charge on any atom is -0.493 e. The highest BCUT2D eigenvalue weighted by Crippen LogP contribution is 2.29. The number of H-pyrrole nitrogens is 1. The number of hydrogen-bond donors (Lipinski definition) is 3. The van der Waals surface area contributed by atoms with Crippen molar-refractivity contribution in [3.05, 3.63) is 16.4 Å². The molecule has 0 saturated heterocycles. The summed E-state index contributed by atoms with van der Waals surface area (Å²) in [6.45, 7) is 0. The Balaban J connectivity index is 2.15. The quantitative estimate of drug-likeness (QED) is 0.438. The summed E-state index contributed by atoms with van der Waals surface area (Å²) >= 11 is 1.33. The highest BCUT2D eigenvalue weighted by Gasteiger charge is 2.21. The topological polar surface area (TPSA) is 98.6 Å². The van der Waals surface area contributed by atoms with Crippen LogP contribution in [0.1, 0.15) is 38.5 Å². The molecule has 1 atom stereocenters. The molecule has 2 rings (SSSR count). The van der Waals surface area contributed by atoms with Gasteiger partial charge in [-0.05, 0) is 19.3 Å². The number of rotatable bonds is 2. The summed E-state index contributed by atoms with van der Waals surface area (Å²) in [6.07, 6.45) is 6.03. The van der Waals surface area contributed by atoms with Crippen LogP contribution in [-0.4, -0.2) is 31.2 Å². The first-order valence-electron chi connectivity index (χ1n) is 6.37. The van der Waals surface area contributed by atoms with Gasteiger partial charge in [0.25, 0.3) is 5.56 Å². The van der Waals surface area contributed by atoms with Gasteiger partial charge >= 0.3 is 0 Å². The third-order valence-electron chi connectivity index (χ3n) is 3.11. The summed E-state index contributed by atoms with van der Waals surface area (Å²) in [7, 11) is 0. The van der Waals surface area contributed by atoms with E-state index in [9.17, 15) is 9.90 Å². The second-order valence-electron chi connectivity index (χ2n) is 4.56. The summed E-state index contributed by atoms with van der Waals surface area (Å²) in [5.41, 5.74) is 0.346. The highest BCUT2D eigenvalue weighted by atomic mass is 32.2. The lowest BCUT2D eigenvalue weighted by Crippen LogP contribution is -2.20. The number of nitrogens with one attached hydrogen (secondary N) is 1. The molecule has 7 heteroatoms. The third kappa shape index (κ3) is 3.99. The molecule has 19 heavy (non-hydrogen) atoms. The molecule has 1 saturated carbocycles. The molecule has 0 radical (unpaired) electrons. The second-order valence-corrected chi connectivity index (χ2v) is 5.75. The summed E-state index contributed by atoms with van der Waals surface area (Å²) in [4.78, 5) is 17.7. The van der Waals surface area contributed by atoms with Gasteiger partial charge in [0.2, 0.25) is 5.88 Å². The predicted octanol–water partition coefficient (Wildman–Crippen LogP) is 2.12. The molecule has 1 aromatic heterocycles. The van der Waals surface area contributed by atoms with Crippen LogP contribution in [0.2, 0.25) is 0 Å². The minimum absolute atomic E-state index is 0.00440. The molecule has 104 valence electrons. The maximum absolute atomic E-state index is 11.3. The third-order valence-corrected chi connectivity index (χ3v) is 4.32. The molecule has 1 unspecified atom stereocenters. The smallest absolute Gasteiger partial charge is 0.255 e. The summed E-state index contributed by atoms with van der Waals surface area (Å²) in [5, 5.41) is 22.2. The molecule has 0 spiro atoms. The molecule has 0 aromatic carbocycles. The van der Waals surface area contributed by atoms with E-state index in [0.717, 1.165) is 43.9 Å². The van der Waals surface area contributed by atoms with Crippen molar-refractivity contribution in [1.29, 1.82) is 0 Å². The van der Waals surface area contributed by atoms with Crippen LogP contribution in [0, 0.1) is 0 Å². The van der Waals surface area contributed by atoms with Crippen LogP contribution in [0.15, 0.2) is 21.2 Å². The van der Waals surface area contributed by atoms with Gasteiger partial charge in [0.05, 0.1) is 17.0 Å². The van der Waals surface area contributed by atoms with E-state index in [1.165, 1.54) is 18.2 Å². The maximum atomic E-state index is 11.3. The van der Waals surface area contributed by atoms with Gasteiger partial charge in [-0.25, -0.2) is 0 Å². The monoisotopic (exact) mass is 283 g/mol. The van der Waals surface area contributed by atoms with Gasteiger partial charge in [-0.3, -0.25) is 4.79 Å². The van der Waals surface area contributed by atoms with Crippen molar-refractivity contribution in [3.8, 4) is 5.88 Å². The number of thioether (sulfide) groups is 1. The first-order valence-corrected chi connectivity index (χ1v) is 7.25. The van der Waals surface area contributed by atoms with E-state index in [2.05, 4.69) is 15.1 Å². The zero-order valence-corrected chi connectivity index (χ0v) is 11.3. The molecular weight excluding hydrogens is 266 g/mol. The molecule has 6 nitrogen and oxygen atoms in total. The van der Waals surface area contributed by atoms with Crippen LogP contribution >= 0.6 is 11.8 Å². The highest BCUT2D eigenvalue weighted by molar-refractivity contribution is 8.00. The van der Waals surface area contributed by atoms with Gasteiger partial charge in [0.1, 0.15) is 0 Å². The number of nitrogens with zero attached hydrogens (tertiary/aromatic N) is 2. The van der Waals surface area contributed by atoms with Crippen molar-refractivity contribution < 1.29 is 10.3 Å². The molecule has 1 heterocycles. The van der Waals surface area contributed by atoms with Gasteiger partial charge < -0.3 is 15.3 Å². The Morgan fingerprint density at radius 2 is 2.16 bits per heavy atom. The average molecular weight is 283 g/mol. The Kier molecular flexibility index (Phi) is 4.84. The zero-order valence-electron chi connectivity index (χ0n) is 10.5. The van der Waals surface area contributed by atoms with E-state index < -0.39 is 0 Å². The number of aromatic nitrogens is 2. The minimum atomic E-state index is -0.386. The van der Waals surface area contributed by atoms with E-state index in [0.29, 0.717) is 5.16 Å². The lowest BCUT2D eigenvalue weighted by Gasteiger charge is -2.19. The van der Waals surface area contributed by atoms with E-state index in [1.807, 2.05) is 0 Å². The molecule has 1 fully saturated rings. The molecule has 1 aliphatic carbocycles. The lowest BCUT2D eigenvalue weighted by atomic mass is 9.99. The molecule has 1 aromatic rings. The van der Waals surface area contributed by atoms with Crippen molar-refractivity contribution in [2.75, 3.05) is 0 Å². The van der Waals surface area contributed by atoms with Gasteiger partial charge in [-0.15, -0.1) is 0 Å². The number of aromatic hydroxyl groups is 1. The van der Waals surface area contributed by atoms with Crippen LogP contribution in [0.3, 0.4) is 0 Å². The Labute approximate surface area is 115 Å². The van der Waals surface area contributed by atoms with Crippen molar-refractivity contribution in [2.24, 2.45) is 5.16 Å². The van der Waals surface area contributed by atoms with Crippen LogP contribution in [0.25, 0.3) is 0 Å². The van der Waals surface area contributed by atoms with Crippen LogP contribution in [-0.2, 0) is 0 Å². The van der Waals surface area contributed by atoms with Gasteiger partial charge in [-0.2, -0.15) is 4.98 Å². The van der Waals surface area contributed by atoms with Gasteiger partial charge in [0, 0.05) is 0 Å². The number of oxime groups is 1. The molecule has 3 N–H and O–H groups in total. The molecule has 0 amide bonds. The van der Waals surface area contributed by atoms with Crippen molar-refractivity contribution in [2.45, 2.75) is 48.9 Å².